The van der Waals surface area contributed by atoms with E-state index in [0.717, 1.165) is 55.6 Å². The number of amides is 2. The number of rotatable bonds is 7. The molecule has 0 radical (unpaired) electrons. The molecule has 0 N–H and O–H groups in total. The van der Waals surface area contributed by atoms with Crippen LogP contribution in [0.3, 0.4) is 0 Å². The number of carbonyl (C=O) groups excluding carboxylic acids is 2. The van der Waals surface area contributed by atoms with E-state index in [9.17, 15) is 9.59 Å². The lowest BCUT2D eigenvalue weighted by Crippen LogP contribution is -2.57. The summed E-state index contributed by atoms with van der Waals surface area (Å²) in [5, 5.41) is 0. The maximum absolute atomic E-state index is 13.9. The summed E-state index contributed by atoms with van der Waals surface area (Å²) >= 11 is 0. The maximum atomic E-state index is 13.9. The summed E-state index contributed by atoms with van der Waals surface area (Å²) in [5.74, 6) is 2.62. The number of carbonyl (C=O) groups is 2. The van der Waals surface area contributed by atoms with Crippen LogP contribution in [0, 0.1) is 23.2 Å². The molecule has 5 fully saturated rings. The molecule has 0 spiro atoms. The fourth-order valence-electron chi connectivity index (χ4n) is 7.05. The molecule has 5 heteroatoms. The van der Waals surface area contributed by atoms with Crippen molar-refractivity contribution < 1.29 is 9.59 Å². The second kappa shape index (κ2) is 7.42. The molecule has 5 aliphatic rings. The van der Waals surface area contributed by atoms with Gasteiger partial charge in [-0.15, -0.1) is 0 Å². The van der Waals surface area contributed by atoms with E-state index in [2.05, 4.69) is 24.5 Å². The highest BCUT2D eigenvalue weighted by molar-refractivity contribution is 5.89. The quantitative estimate of drug-likeness (QED) is 0.681. The summed E-state index contributed by atoms with van der Waals surface area (Å²) in [6.45, 7) is 5.03. The van der Waals surface area contributed by atoms with Gasteiger partial charge in [-0.3, -0.25) is 9.59 Å². The molecule has 0 atom stereocenters. The Bertz CT molecular complexity index is 787. The second-order valence-electron chi connectivity index (χ2n) is 11.1. The first kappa shape index (κ1) is 20.1. The van der Waals surface area contributed by atoms with Crippen molar-refractivity contribution in [2.24, 2.45) is 30.2 Å². The third kappa shape index (κ3) is 3.58. The molecular formula is C25H37N3O2. The fraction of sp³-hybridized carbons (Fsp3) is 0.760. The van der Waals surface area contributed by atoms with E-state index >= 15 is 0 Å². The molecule has 0 aliphatic heterocycles. The fourth-order valence-corrected chi connectivity index (χ4v) is 7.05. The monoisotopic (exact) mass is 411 g/mol. The van der Waals surface area contributed by atoms with Crippen molar-refractivity contribution in [1.29, 1.82) is 0 Å². The summed E-state index contributed by atoms with van der Waals surface area (Å²) in [6, 6.07) is 4.52. The normalized spacial score (nSPS) is 31.9. The highest BCUT2D eigenvalue weighted by Gasteiger charge is 2.56. The van der Waals surface area contributed by atoms with Gasteiger partial charge in [0.15, 0.2) is 0 Å². The predicted octanol–water partition coefficient (Wildman–Crippen LogP) is 3.97. The van der Waals surface area contributed by atoms with Crippen LogP contribution in [0.1, 0.15) is 70.9 Å². The molecule has 1 heterocycles. The Morgan fingerprint density at radius 3 is 2.17 bits per heavy atom. The summed E-state index contributed by atoms with van der Waals surface area (Å²) in [4.78, 5) is 31.3. The first-order valence-electron chi connectivity index (χ1n) is 12.1. The molecule has 6 rings (SSSR count). The number of hydrogen-bond acceptors (Lipinski definition) is 2. The highest BCUT2D eigenvalue weighted by atomic mass is 16.2. The Balaban J connectivity index is 1.32. The second-order valence-corrected chi connectivity index (χ2v) is 11.1. The van der Waals surface area contributed by atoms with Gasteiger partial charge in [-0.05, 0) is 95.1 Å². The van der Waals surface area contributed by atoms with Crippen LogP contribution in [0.2, 0.25) is 0 Å². The van der Waals surface area contributed by atoms with E-state index in [1.54, 1.807) is 0 Å². The Hall–Kier alpha value is -1.78. The van der Waals surface area contributed by atoms with Crippen LogP contribution >= 0.6 is 0 Å². The zero-order valence-corrected chi connectivity index (χ0v) is 18.8. The lowest BCUT2D eigenvalue weighted by atomic mass is 9.49. The molecule has 0 unspecified atom stereocenters. The minimum absolute atomic E-state index is 0.0607. The van der Waals surface area contributed by atoms with Gasteiger partial charge in [-0.2, -0.15) is 0 Å². The zero-order valence-electron chi connectivity index (χ0n) is 18.8. The maximum Gasteiger partial charge on any atom is 0.242 e. The SMILES string of the molecule is CC(C)N(CC(=O)N(Cc1cccn1C)C1CC1)C(=O)C12CC3CC(CC(C3)C1)C2. The van der Waals surface area contributed by atoms with Gasteiger partial charge in [0.25, 0.3) is 0 Å². The molecule has 0 aromatic carbocycles. The topological polar surface area (TPSA) is 45.6 Å². The van der Waals surface area contributed by atoms with E-state index in [0.29, 0.717) is 12.6 Å². The van der Waals surface area contributed by atoms with E-state index in [4.69, 9.17) is 0 Å². The van der Waals surface area contributed by atoms with Crippen molar-refractivity contribution in [3.05, 3.63) is 24.0 Å². The summed E-state index contributed by atoms with van der Waals surface area (Å²) < 4.78 is 2.09. The van der Waals surface area contributed by atoms with Crippen molar-refractivity contribution in [2.75, 3.05) is 6.54 Å². The molecule has 5 saturated carbocycles. The number of aromatic nitrogens is 1. The first-order chi connectivity index (χ1) is 14.3. The van der Waals surface area contributed by atoms with Crippen molar-refractivity contribution in [3.63, 3.8) is 0 Å². The van der Waals surface area contributed by atoms with Crippen LogP contribution in [0.4, 0.5) is 0 Å². The van der Waals surface area contributed by atoms with Gasteiger partial charge >= 0.3 is 0 Å². The molecule has 1 aromatic rings. The van der Waals surface area contributed by atoms with Gasteiger partial charge in [-0.25, -0.2) is 0 Å². The van der Waals surface area contributed by atoms with Gasteiger partial charge in [0.2, 0.25) is 11.8 Å². The molecule has 4 bridgehead atoms. The number of aryl methyl sites for hydroxylation is 1. The van der Waals surface area contributed by atoms with Crippen LogP contribution in [-0.2, 0) is 23.2 Å². The number of nitrogens with zero attached hydrogens (tertiary/aromatic N) is 3. The third-order valence-electron chi connectivity index (χ3n) is 8.37. The zero-order chi connectivity index (χ0) is 21.0. The minimum Gasteiger partial charge on any atom is -0.353 e. The highest BCUT2D eigenvalue weighted by Crippen LogP contribution is 2.60. The van der Waals surface area contributed by atoms with E-state index < -0.39 is 0 Å². The smallest absolute Gasteiger partial charge is 0.242 e. The molecule has 2 amide bonds. The average Bonchev–Trinajstić information content (AvgIpc) is 3.44. The van der Waals surface area contributed by atoms with Crippen LogP contribution < -0.4 is 0 Å². The van der Waals surface area contributed by atoms with Crippen molar-refractivity contribution in [3.8, 4) is 0 Å². The largest absolute Gasteiger partial charge is 0.353 e. The van der Waals surface area contributed by atoms with Crippen molar-refractivity contribution in [2.45, 2.75) is 83.8 Å². The number of hydrogen-bond donors (Lipinski definition) is 0. The standard InChI is InChI=1S/C25H37N3O2/c1-17(2)27(24(30)25-12-18-9-19(13-25)11-20(10-18)14-25)16-23(29)28(21-6-7-21)15-22-5-4-8-26(22)3/h4-5,8,17-21H,6-7,9-16H2,1-3H3. The van der Waals surface area contributed by atoms with Crippen molar-refractivity contribution >= 4 is 11.8 Å². The van der Waals surface area contributed by atoms with Crippen LogP contribution in [0.25, 0.3) is 0 Å². The van der Waals surface area contributed by atoms with E-state index in [1.165, 1.54) is 19.3 Å². The Morgan fingerprint density at radius 2 is 1.70 bits per heavy atom. The van der Waals surface area contributed by atoms with Gasteiger partial charge in [-0.1, -0.05) is 0 Å². The first-order valence-corrected chi connectivity index (χ1v) is 12.1. The Labute approximate surface area is 180 Å². The molecule has 164 valence electrons. The minimum atomic E-state index is -0.179. The molecular weight excluding hydrogens is 374 g/mol. The van der Waals surface area contributed by atoms with Gasteiger partial charge in [0, 0.05) is 31.0 Å². The predicted molar refractivity (Wildman–Crippen MR) is 116 cm³/mol. The Kier molecular flexibility index (Phi) is 4.98. The van der Waals surface area contributed by atoms with Gasteiger partial charge in [0.05, 0.1) is 12.0 Å². The molecule has 5 aliphatic carbocycles. The van der Waals surface area contributed by atoms with Crippen LogP contribution in [0.5, 0.6) is 0 Å². The molecule has 5 nitrogen and oxygen atoms in total. The van der Waals surface area contributed by atoms with E-state index in [1.807, 2.05) is 29.1 Å². The lowest BCUT2D eigenvalue weighted by molar-refractivity contribution is -0.162. The summed E-state index contributed by atoms with van der Waals surface area (Å²) in [5.41, 5.74) is 0.973. The average molecular weight is 412 g/mol. The summed E-state index contributed by atoms with van der Waals surface area (Å²) in [7, 11) is 2.03. The van der Waals surface area contributed by atoms with Crippen LogP contribution in [-0.4, -0.2) is 44.8 Å². The van der Waals surface area contributed by atoms with Crippen molar-refractivity contribution in [1.82, 2.24) is 14.4 Å². The third-order valence-corrected chi connectivity index (χ3v) is 8.37. The Morgan fingerprint density at radius 1 is 1.10 bits per heavy atom. The lowest BCUT2D eigenvalue weighted by Gasteiger charge is -2.57. The van der Waals surface area contributed by atoms with E-state index in [-0.39, 0.29) is 29.8 Å². The summed E-state index contributed by atoms with van der Waals surface area (Å²) in [6.07, 6.45) is 11.4. The molecule has 30 heavy (non-hydrogen) atoms. The van der Waals surface area contributed by atoms with Crippen LogP contribution in [0.15, 0.2) is 18.3 Å². The van der Waals surface area contributed by atoms with Gasteiger partial charge < -0.3 is 14.4 Å². The molecule has 1 aromatic heterocycles. The van der Waals surface area contributed by atoms with Gasteiger partial charge in [0.1, 0.15) is 6.54 Å². The molecule has 0 saturated heterocycles.